The van der Waals surface area contributed by atoms with Gasteiger partial charge in [0.05, 0.1) is 6.54 Å². The van der Waals surface area contributed by atoms with Crippen LogP contribution in [0.15, 0.2) is 0 Å². The lowest BCUT2D eigenvalue weighted by Gasteiger charge is -2.57. The van der Waals surface area contributed by atoms with Crippen molar-refractivity contribution in [1.82, 2.24) is 10.2 Å². The van der Waals surface area contributed by atoms with E-state index in [0.29, 0.717) is 12.6 Å². The molecular weight excluding hydrogens is 272 g/mol. The Morgan fingerprint density at radius 3 is 2.09 bits per heavy atom. The number of hydrogen-bond donors (Lipinski definition) is 1. The number of amides is 1. The number of carbonyl (C=O) groups is 1. The van der Waals surface area contributed by atoms with Gasteiger partial charge in [0.15, 0.2) is 0 Å². The third-order valence-corrected chi connectivity index (χ3v) is 7.03. The number of likely N-dealkylation sites (N-methyl/N-ethyl adjacent to an activating group) is 1. The summed E-state index contributed by atoms with van der Waals surface area (Å²) in [6, 6.07) is 0.635. The van der Waals surface area contributed by atoms with Crippen LogP contribution < -0.4 is 5.32 Å². The highest BCUT2D eigenvalue weighted by Crippen LogP contribution is 2.55. The van der Waals surface area contributed by atoms with Crippen molar-refractivity contribution in [2.24, 2.45) is 17.8 Å². The molecule has 5 fully saturated rings. The lowest BCUT2D eigenvalue weighted by molar-refractivity contribution is -0.128. The van der Waals surface area contributed by atoms with E-state index in [9.17, 15) is 4.79 Å². The molecule has 5 rings (SSSR count). The van der Waals surface area contributed by atoms with Crippen LogP contribution in [0.4, 0.5) is 0 Å². The molecule has 0 unspecified atom stereocenters. The van der Waals surface area contributed by atoms with E-state index in [1.807, 2.05) is 0 Å². The lowest BCUT2D eigenvalue weighted by Crippen LogP contribution is -2.61. The zero-order valence-electron chi connectivity index (χ0n) is 14.2. The molecule has 0 aromatic carbocycles. The maximum atomic E-state index is 12.6. The van der Waals surface area contributed by atoms with Gasteiger partial charge in [-0.15, -0.1) is 0 Å². The Bertz CT molecular complexity index is 392. The predicted molar refractivity (Wildman–Crippen MR) is 88.5 cm³/mol. The van der Waals surface area contributed by atoms with E-state index in [0.717, 1.165) is 17.8 Å². The summed E-state index contributed by atoms with van der Waals surface area (Å²) in [6.45, 7) is 0.604. The third-order valence-electron chi connectivity index (χ3n) is 7.03. The Balaban J connectivity index is 1.34. The van der Waals surface area contributed by atoms with Gasteiger partial charge in [0, 0.05) is 11.6 Å². The molecule has 0 heterocycles. The fourth-order valence-electron chi connectivity index (χ4n) is 6.48. The van der Waals surface area contributed by atoms with E-state index in [4.69, 9.17) is 0 Å². The van der Waals surface area contributed by atoms with Crippen molar-refractivity contribution in [3.8, 4) is 0 Å². The van der Waals surface area contributed by atoms with Gasteiger partial charge < -0.3 is 5.32 Å². The first kappa shape index (κ1) is 15.0. The molecule has 5 aliphatic carbocycles. The van der Waals surface area contributed by atoms with Gasteiger partial charge in [0.2, 0.25) is 5.91 Å². The van der Waals surface area contributed by atoms with E-state index < -0.39 is 0 Å². The molecule has 4 bridgehead atoms. The number of rotatable bonds is 4. The number of hydrogen-bond acceptors (Lipinski definition) is 2. The molecule has 5 saturated carbocycles. The normalized spacial score (nSPS) is 41.1. The summed E-state index contributed by atoms with van der Waals surface area (Å²) in [5, 5.41) is 3.51. The molecule has 3 heteroatoms. The summed E-state index contributed by atoms with van der Waals surface area (Å²) < 4.78 is 0. The smallest absolute Gasteiger partial charge is 0.234 e. The molecular formula is C19H32N2O. The molecule has 0 aromatic rings. The quantitative estimate of drug-likeness (QED) is 0.864. The second-order valence-corrected chi connectivity index (χ2v) is 8.95. The maximum absolute atomic E-state index is 12.6. The van der Waals surface area contributed by atoms with Gasteiger partial charge in [0.1, 0.15) is 0 Å². The molecule has 5 aliphatic rings. The van der Waals surface area contributed by atoms with Gasteiger partial charge in [0.25, 0.3) is 0 Å². The fraction of sp³-hybridized carbons (Fsp3) is 0.947. The molecule has 0 aliphatic heterocycles. The Morgan fingerprint density at radius 2 is 1.55 bits per heavy atom. The van der Waals surface area contributed by atoms with Gasteiger partial charge >= 0.3 is 0 Å². The Hall–Kier alpha value is -0.570. The molecule has 124 valence electrons. The standard InChI is InChI=1S/C19H32N2O/c1-21(17-5-3-2-4-6-17)13-18(22)20-19-10-14-7-15(11-19)9-16(8-14)12-19/h14-17H,2-13H2,1H3,(H,20,22). The Morgan fingerprint density at radius 1 is 1.00 bits per heavy atom. The Labute approximate surface area is 135 Å². The molecule has 3 nitrogen and oxygen atoms in total. The number of nitrogens with one attached hydrogen (secondary N) is 1. The summed E-state index contributed by atoms with van der Waals surface area (Å²) >= 11 is 0. The summed E-state index contributed by atoms with van der Waals surface area (Å²) in [7, 11) is 2.15. The highest BCUT2D eigenvalue weighted by Gasteiger charge is 2.51. The first-order chi connectivity index (χ1) is 10.6. The maximum Gasteiger partial charge on any atom is 0.234 e. The van der Waals surface area contributed by atoms with Crippen LogP contribution in [0.2, 0.25) is 0 Å². The summed E-state index contributed by atoms with van der Waals surface area (Å²) in [6.07, 6.45) is 14.7. The number of carbonyl (C=O) groups excluding carboxylic acids is 1. The number of nitrogens with zero attached hydrogens (tertiary/aromatic N) is 1. The van der Waals surface area contributed by atoms with E-state index in [-0.39, 0.29) is 11.4 Å². The zero-order valence-corrected chi connectivity index (χ0v) is 14.2. The predicted octanol–water partition coefficient (Wildman–Crippen LogP) is 3.34. The Kier molecular flexibility index (Phi) is 3.96. The van der Waals surface area contributed by atoms with Crippen LogP contribution in [0, 0.1) is 17.8 Å². The van der Waals surface area contributed by atoms with Crippen molar-refractivity contribution in [2.45, 2.75) is 82.2 Å². The third kappa shape index (κ3) is 2.93. The van der Waals surface area contributed by atoms with E-state index in [1.165, 1.54) is 70.6 Å². The minimum Gasteiger partial charge on any atom is -0.350 e. The van der Waals surface area contributed by atoms with Crippen molar-refractivity contribution in [3.05, 3.63) is 0 Å². The summed E-state index contributed by atoms with van der Waals surface area (Å²) in [5.74, 6) is 3.00. The van der Waals surface area contributed by atoms with Gasteiger partial charge in [-0.3, -0.25) is 9.69 Å². The first-order valence-electron chi connectivity index (χ1n) is 9.63. The monoisotopic (exact) mass is 304 g/mol. The second-order valence-electron chi connectivity index (χ2n) is 8.95. The SMILES string of the molecule is CN(CC(=O)NC12CC3CC(CC(C3)C1)C2)C1CCCCC1. The van der Waals surface area contributed by atoms with Crippen LogP contribution in [-0.2, 0) is 4.79 Å². The van der Waals surface area contributed by atoms with Crippen molar-refractivity contribution in [3.63, 3.8) is 0 Å². The average Bonchev–Trinajstić information content (AvgIpc) is 2.45. The van der Waals surface area contributed by atoms with E-state index in [1.54, 1.807) is 0 Å². The van der Waals surface area contributed by atoms with E-state index >= 15 is 0 Å². The van der Waals surface area contributed by atoms with Crippen molar-refractivity contribution in [2.75, 3.05) is 13.6 Å². The highest BCUT2D eigenvalue weighted by molar-refractivity contribution is 5.79. The van der Waals surface area contributed by atoms with Crippen LogP contribution >= 0.6 is 0 Å². The first-order valence-corrected chi connectivity index (χ1v) is 9.63. The van der Waals surface area contributed by atoms with Crippen molar-refractivity contribution >= 4 is 5.91 Å². The molecule has 0 spiro atoms. The minimum atomic E-state index is 0.180. The van der Waals surface area contributed by atoms with Gasteiger partial charge in [-0.25, -0.2) is 0 Å². The van der Waals surface area contributed by atoms with Crippen LogP contribution in [0.25, 0.3) is 0 Å². The van der Waals surface area contributed by atoms with Crippen LogP contribution in [-0.4, -0.2) is 36.0 Å². The van der Waals surface area contributed by atoms with Crippen molar-refractivity contribution < 1.29 is 4.79 Å². The van der Waals surface area contributed by atoms with Crippen LogP contribution in [0.1, 0.15) is 70.6 Å². The average molecular weight is 304 g/mol. The van der Waals surface area contributed by atoms with Gasteiger partial charge in [-0.1, -0.05) is 19.3 Å². The molecule has 1 N–H and O–H groups in total. The topological polar surface area (TPSA) is 32.3 Å². The molecule has 0 radical (unpaired) electrons. The summed E-state index contributed by atoms with van der Waals surface area (Å²) in [5.41, 5.74) is 0.180. The highest BCUT2D eigenvalue weighted by atomic mass is 16.2. The molecule has 1 amide bonds. The largest absolute Gasteiger partial charge is 0.350 e. The van der Waals surface area contributed by atoms with Gasteiger partial charge in [-0.05, 0) is 76.2 Å². The molecule has 0 atom stereocenters. The fourth-order valence-corrected chi connectivity index (χ4v) is 6.48. The minimum absolute atomic E-state index is 0.180. The molecule has 0 saturated heterocycles. The van der Waals surface area contributed by atoms with E-state index in [2.05, 4.69) is 17.3 Å². The van der Waals surface area contributed by atoms with Crippen LogP contribution in [0.3, 0.4) is 0 Å². The molecule has 22 heavy (non-hydrogen) atoms. The van der Waals surface area contributed by atoms with Crippen molar-refractivity contribution in [1.29, 1.82) is 0 Å². The zero-order chi connectivity index (χ0) is 15.2. The van der Waals surface area contributed by atoms with Gasteiger partial charge in [-0.2, -0.15) is 0 Å². The second kappa shape index (κ2) is 5.81. The molecule has 0 aromatic heterocycles. The lowest BCUT2D eigenvalue weighted by atomic mass is 9.53. The summed E-state index contributed by atoms with van der Waals surface area (Å²) in [4.78, 5) is 14.9. The van der Waals surface area contributed by atoms with Crippen LogP contribution in [0.5, 0.6) is 0 Å².